The van der Waals surface area contributed by atoms with Crippen molar-refractivity contribution in [2.45, 2.75) is 25.7 Å². The van der Waals surface area contributed by atoms with E-state index >= 15 is 0 Å². The molecule has 1 aliphatic rings. The topological polar surface area (TPSA) is 24.9 Å². The third-order valence-electron chi connectivity index (χ3n) is 3.15. The molecule has 2 aromatic rings. The number of hydrogen-bond donors (Lipinski definition) is 1. The second kappa shape index (κ2) is 4.44. The van der Waals surface area contributed by atoms with Gasteiger partial charge in [0, 0.05) is 32.8 Å². The number of halogens is 1. The van der Waals surface area contributed by atoms with Crippen LogP contribution in [-0.4, -0.2) is 11.5 Å². The first kappa shape index (κ1) is 11.3. The Balaban J connectivity index is 2.19. The number of rotatable bonds is 3. The summed E-state index contributed by atoms with van der Waals surface area (Å²) in [6.45, 7) is 3.09. The molecule has 0 spiro atoms. The van der Waals surface area contributed by atoms with Crippen molar-refractivity contribution in [2.24, 2.45) is 0 Å². The molecule has 1 aromatic heterocycles. The van der Waals surface area contributed by atoms with E-state index in [-0.39, 0.29) is 0 Å². The molecule has 0 aliphatic heterocycles. The van der Waals surface area contributed by atoms with E-state index in [4.69, 9.17) is 4.98 Å². The maximum absolute atomic E-state index is 4.78. The van der Waals surface area contributed by atoms with E-state index in [0.29, 0.717) is 5.92 Å². The van der Waals surface area contributed by atoms with Gasteiger partial charge in [0.2, 0.25) is 0 Å². The highest BCUT2D eigenvalue weighted by Gasteiger charge is 2.25. The van der Waals surface area contributed by atoms with Crippen LogP contribution in [0.1, 0.15) is 31.4 Å². The van der Waals surface area contributed by atoms with Crippen LogP contribution < -0.4 is 5.32 Å². The molecule has 0 amide bonds. The van der Waals surface area contributed by atoms with E-state index < -0.39 is 0 Å². The van der Waals surface area contributed by atoms with Crippen molar-refractivity contribution in [3.63, 3.8) is 0 Å². The lowest BCUT2D eigenvalue weighted by molar-refractivity contribution is 1.04. The van der Waals surface area contributed by atoms with Gasteiger partial charge in [-0.2, -0.15) is 0 Å². The maximum Gasteiger partial charge on any atom is 0.0726 e. The third-order valence-corrected chi connectivity index (χ3v) is 3.82. The number of nitrogens with one attached hydrogen (secondary N) is 1. The van der Waals surface area contributed by atoms with Gasteiger partial charge in [-0.15, -0.1) is 0 Å². The van der Waals surface area contributed by atoms with Crippen LogP contribution in [0.4, 0.5) is 5.69 Å². The molecule has 0 radical (unpaired) electrons. The Morgan fingerprint density at radius 2 is 2.18 bits per heavy atom. The Morgan fingerprint density at radius 3 is 2.88 bits per heavy atom. The van der Waals surface area contributed by atoms with E-state index in [1.54, 1.807) is 0 Å². The largest absolute Gasteiger partial charge is 0.385 e. The van der Waals surface area contributed by atoms with Gasteiger partial charge in [-0.25, -0.2) is 0 Å². The zero-order valence-electron chi connectivity index (χ0n) is 9.83. The molecule has 2 nitrogen and oxygen atoms in total. The van der Waals surface area contributed by atoms with Crippen molar-refractivity contribution < 1.29 is 0 Å². The van der Waals surface area contributed by atoms with Gasteiger partial charge in [0.05, 0.1) is 5.52 Å². The summed E-state index contributed by atoms with van der Waals surface area (Å²) in [5.74, 6) is 0.705. The highest BCUT2D eigenvalue weighted by Crippen LogP contribution is 2.41. The normalized spacial score (nSPS) is 15.2. The van der Waals surface area contributed by atoms with Crippen LogP contribution in [0.2, 0.25) is 0 Å². The first-order valence-electron chi connectivity index (χ1n) is 6.12. The Hall–Kier alpha value is -0.840. The first-order valence-corrected chi connectivity index (χ1v) is 7.20. The minimum atomic E-state index is 0.705. The summed E-state index contributed by atoms with van der Waals surface area (Å²) in [6.07, 6.45) is 2.60. The second-order valence-corrected chi connectivity index (χ2v) is 5.81. The van der Waals surface area contributed by atoms with Crippen molar-refractivity contribution in [2.75, 3.05) is 11.9 Å². The quantitative estimate of drug-likeness (QED) is 0.851. The van der Waals surface area contributed by atoms with E-state index in [1.165, 1.54) is 33.2 Å². The molecule has 1 aliphatic carbocycles. The van der Waals surface area contributed by atoms with Gasteiger partial charge in [0.15, 0.2) is 0 Å². The van der Waals surface area contributed by atoms with E-state index in [1.807, 2.05) is 0 Å². The van der Waals surface area contributed by atoms with Crippen LogP contribution in [0.15, 0.2) is 24.3 Å². The maximum atomic E-state index is 4.78. The van der Waals surface area contributed by atoms with Crippen LogP contribution in [0.25, 0.3) is 10.9 Å². The SMILES string of the molecule is CCNc1cc(C2CC2)nc2ccc(I)cc12. The molecular formula is C14H15IN2. The Labute approximate surface area is 115 Å². The minimum Gasteiger partial charge on any atom is -0.385 e. The number of nitrogens with zero attached hydrogens (tertiary/aromatic N) is 1. The van der Waals surface area contributed by atoms with Gasteiger partial charge in [0.25, 0.3) is 0 Å². The second-order valence-electron chi connectivity index (χ2n) is 4.56. The van der Waals surface area contributed by atoms with E-state index in [0.717, 1.165) is 12.1 Å². The standard InChI is InChI=1S/C14H15IN2/c1-2-16-14-8-13(9-3-4-9)17-12-6-5-10(15)7-11(12)14/h5-9H,2-4H2,1H3,(H,16,17). The van der Waals surface area contributed by atoms with E-state index in [9.17, 15) is 0 Å². The molecule has 0 unspecified atom stereocenters. The van der Waals surface area contributed by atoms with Crippen molar-refractivity contribution in [3.05, 3.63) is 33.5 Å². The van der Waals surface area contributed by atoms with Gasteiger partial charge in [-0.05, 0) is 66.6 Å². The van der Waals surface area contributed by atoms with Crippen molar-refractivity contribution in [1.82, 2.24) is 4.98 Å². The summed E-state index contributed by atoms with van der Waals surface area (Å²) in [7, 11) is 0. The molecule has 88 valence electrons. The van der Waals surface area contributed by atoms with Crippen molar-refractivity contribution >= 4 is 39.2 Å². The van der Waals surface area contributed by atoms with Crippen LogP contribution >= 0.6 is 22.6 Å². The minimum absolute atomic E-state index is 0.705. The average Bonchev–Trinajstić information content (AvgIpc) is 3.14. The van der Waals surface area contributed by atoms with Gasteiger partial charge in [0.1, 0.15) is 0 Å². The summed E-state index contributed by atoms with van der Waals surface area (Å²) in [5.41, 5.74) is 3.61. The average molecular weight is 338 g/mol. The number of aromatic nitrogens is 1. The molecule has 1 aromatic carbocycles. The molecule has 0 atom stereocenters. The number of hydrogen-bond acceptors (Lipinski definition) is 2. The van der Waals surface area contributed by atoms with Crippen LogP contribution in [0.5, 0.6) is 0 Å². The zero-order chi connectivity index (χ0) is 11.8. The fraction of sp³-hybridized carbons (Fsp3) is 0.357. The highest BCUT2D eigenvalue weighted by molar-refractivity contribution is 14.1. The molecule has 0 bridgehead atoms. The summed E-state index contributed by atoms with van der Waals surface area (Å²) < 4.78 is 1.26. The summed E-state index contributed by atoms with van der Waals surface area (Å²) in [6, 6.07) is 8.70. The first-order chi connectivity index (χ1) is 8.28. The Morgan fingerprint density at radius 1 is 1.35 bits per heavy atom. The third kappa shape index (κ3) is 2.25. The van der Waals surface area contributed by atoms with Gasteiger partial charge in [-0.1, -0.05) is 0 Å². The molecule has 3 heteroatoms. The molecule has 1 fully saturated rings. The molecular weight excluding hydrogens is 323 g/mol. The fourth-order valence-corrected chi connectivity index (χ4v) is 2.63. The number of anilines is 1. The summed E-state index contributed by atoms with van der Waals surface area (Å²) in [5, 5.41) is 4.70. The van der Waals surface area contributed by atoms with Crippen LogP contribution in [-0.2, 0) is 0 Å². The molecule has 1 heterocycles. The molecule has 0 saturated heterocycles. The van der Waals surface area contributed by atoms with Crippen LogP contribution in [0.3, 0.4) is 0 Å². The van der Waals surface area contributed by atoms with Gasteiger partial charge < -0.3 is 5.32 Å². The zero-order valence-corrected chi connectivity index (χ0v) is 12.0. The van der Waals surface area contributed by atoms with Crippen LogP contribution in [0, 0.1) is 3.57 Å². The van der Waals surface area contributed by atoms with Crippen molar-refractivity contribution in [3.8, 4) is 0 Å². The smallest absolute Gasteiger partial charge is 0.0726 e. The van der Waals surface area contributed by atoms with Gasteiger partial charge >= 0.3 is 0 Å². The monoisotopic (exact) mass is 338 g/mol. The number of fused-ring (bicyclic) bond motifs is 1. The van der Waals surface area contributed by atoms with Gasteiger partial charge in [-0.3, -0.25) is 4.98 Å². The lowest BCUT2D eigenvalue weighted by Crippen LogP contribution is -2.00. The molecule has 1 N–H and O–H groups in total. The lowest BCUT2D eigenvalue weighted by atomic mass is 10.1. The summed E-state index contributed by atoms with van der Waals surface area (Å²) >= 11 is 2.35. The van der Waals surface area contributed by atoms with E-state index in [2.05, 4.69) is 59.1 Å². The predicted octanol–water partition coefficient (Wildman–Crippen LogP) is 4.15. The van der Waals surface area contributed by atoms with Crippen molar-refractivity contribution in [1.29, 1.82) is 0 Å². The molecule has 17 heavy (non-hydrogen) atoms. The highest BCUT2D eigenvalue weighted by atomic mass is 127. The number of pyridine rings is 1. The number of benzene rings is 1. The predicted molar refractivity (Wildman–Crippen MR) is 80.6 cm³/mol. The lowest BCUT2D eigenvalue weighted by Gasteiger charge is -2.10. The summed E-state index contributed by atoms with van der Waals surface area (Å²) in [4.78, 5) is 4.78. The molecule has 3 rings (SSSR count). The Kier molecular flexibility index (Phi) is 2.94. The Bertz CT molecular complexity index is 561. The molecule has 1 saturated carbocycles. The fourth-order valence-electron chi connectivity index (χ4n) is 2.14.